The van der Waals surface area contributed by atoms with Crippen molar-refractivity contribution in [2.45, 2.75) is 71.9 Å². The number of para-hydroxylation sites is 1. The van der Waals surface area contributed by atoms with E-state index in [4.69, 9.17) is 9.84 Å². The molecule has 1 aromatic heterocycles. The predicted molar refractivity (Wildman–Crippen MR) is 157 cm³/mol. The molecule has 0 unspecified atom stereocenters. The minimum absolute atomic E-state index is 0.0746. The molecule has 0 aliphatic rings. The SMILES string of the molecule is CCCC[C@H](Oc1ccc(C(=O)c2cn(CCCC(=O)O)c3ccccc23)cc1)c1ccc(CC(C)C)c(F)c1. The standard InChI is InChI=1S/C34H38FNO4/c1-4-5-11-32(26-14-13-25(20-23(2)3)30(35)21-26)40-27-17-15-24(16-18-27)34(39)29-22-36(19-8-12-33(37)38)31-10-7-6-9-28(29)31/h6-7,9-10,13-18,21-23,32H,4-5,8,11-12,19-20H2,1-3H3,(H,37,38)/t32-/m0/s1. The molecule has 1 heterocycles. The number of halogens is 1. The Kier molecular flexibility index (Phi) is 9.75. The average Bonchev–Trinajstić information content (AvgIpc) is 3.30. The first-order chi connectivity index (χ1) is 19.3. The Bertz CT molecular complexity index is 1450. The first-order valence-corrected chi connectivity index (χ1v) is 14.2. The molecule has 0 bridgehead atoms. The maximum atomic E-state index is 14.8. The van der Waals surface area contributed by atoms with Crippen LogP contribution >= 0.6 is 0 Å². The molecule has 40 heavy (non-hydrogen) atoms. The molecule has 0 saturated carbocycles. The van der Waals surface area contributed by atoms with Gasteiger partial charge in [0.2, 0.25) is 0 Å². The van der Waals surface area contributed by atoms with Crippen LogP contribution in [-0.4, -0.2) is 21.4 Å². The fourth-order valence-electron chi connectivity index (χ4n) is 5.07. The Hall–Kier alpha value is -3.93. The number of rotatable bonds is 14. The van der Waals surface area contributed by atoms with Gasteiger partial charge in [-0.1, -0.05) is 57.5 Å². The summed E-state index contributed by atoms with van der Waals surface area (Å²) in [4.78, 5) is 24.5. The molecule has 0 fully saturated rings. The molecule has 5 nitrogen and oxygen atoms in total. The molecule has 3 aromatic carbocycles. The van der Waals surface area contributed by atoms with Crippen LogP contribution in [0.3, 0.4) is 0 Å². The maximum absolute atomic E-state index is 14.8. The van der Waals surface area contributed by atoms with Crippen LogP contribution in [0.5, 0.6) is 5.75 Å². The Labute approximate surface area is 235 Å². The van der Waals surface area contributed by atoms with Crippen LogP contribution in [0.2, 0.25) is 0 Å². The molecule has 0 saturated heterocycles. The van der Waals surface area contributed by atoms with E-state index in [2.05, 4.69) is 20.8 Å². The summed E-state index contributed by atoms with van der Waals surface area (Å²) in [6.07, 6.45) is 5.51. The number of ether oxygens (including phenoxy) is 1. The summed E-state index contributed by atoms with van der Waals surface area (Å²) in [7, 11) is 0. The number of benzene rings is 3. The van der Waals surface area contributed by atoms with Gasteiger partial charge >= 0.3 is 5.97 Å². The highest BCUT2D eigenvalue weighted by Crippen LogP contribution is 2.30. The normalized spacial score (nSPS) is 12.1. The minimum Gasteiger partial charge on any atom is -0.486 e. The highest BCUT2D eigenvalue weighted by Gasteiger charge is 2.19. The van der Waals surface area contributed by atoms with Crippen molar-refractivity contribution >= 4 is 22.7 Å². The monoisotopic (exact) mass is 543 g/mol. The van der Waals surface area contributed by atoms with Crippen LogP contribution in [0.25, 0.3) is 10.9 Å². The first-order valence-electron chi connectivity index (χ1n) is 14.2. The van der Waals surface area contributed by atoms with Gasteiger partial charge in [-0.3, -0.25) is 9.59 Å². The number of hydrogen-bond acceptors (Lipinski definition) is 3. The van der Waals surface area contributed by atoms with Crippen molar-refractivity contribution in [1.82, 2.24) is 4.57 Å². The number of ketones is 1. The van der Waals surface area contributed by atoms with E-state index in [9.17, 15) is 14.0 Å². The Balaban J connectivity index is 1.53. The van der Waals surface area contributed by atoms with Crippen molar-refractivity contribution in [2.24, 2.45) is 5.92 Å². The van der Waals surface area contributed by atoms with Crippen molar-refractivity contribution in [1.29, 1.82) is 0 Å². The van der Waals surface area contributed by atoms with Crippen molar-refractivity contribution in [3.8, 4) is 5.75 Å². The zero-order valence-corrected chi connectivity index (χ0v) is 23.5. The van der Waals surface area contributed by atoms with Gasteiger partial charge in [0.25, 0.3) is 0 Å². The third-order valence-electron chi connectivity index (χ3n) is 7.11. The van der Waals surface area contributed by atoms with Gasteiger partial charge in [-0.05, 0) is 79.1 Å². The van der Waals surface area contributed by atoms with Gasteiger partial charge < -0.3 is 14.4 Å². The van der Waals surface area contributed by atoms with E-state index < -0.39 is 5.97 Å². The number of aryl methyl sites for hydroxylation is 1. The van der Waals surface area contributed by atoms with Gasteiger partial charge in [0.05, 0.1) is 0 Å². The average molecular weight is 544 g/mol. The summed E-state index contributed by atoms with van der Waals surface area (Å²) in [5.74, 6) is -0.132. The Morgan fingerprint density at radius 3 is 2.42 bits per heavy atom. The highest BCUT2D eigenvalue weighted by molar-refractivity contribution is 6.16. The second-order valence-electron chi connectivity index (χ2n) is 10.8. The molecule has 0 spiro atoms. The molecule has 0 radical (unpaired) electrons. The van der Waals surface area contributed by atoms with Crippen LogP contribution in [0.15, 0.2) is 72.9 Å². The lowest BCUT2D eigenvalue weighted by atomic mass is 9.97. The molecule has 0 amide bonds. The fourth-order valence-corrected chi connectivity index (χ4v) is 5.07. The van der Waals surface area contributed by atoms with E-state index in [1.54, 1.807) is 30.3 Å². The number of fused-ring (bicyclic) bond motifs is 1. The van der Waals surface area contributed by atoms with Gasteiger partial charge in [-0.15, -0.1) is 0 Å². The van der Waals surface area contributed by atoms with Crippen molar-refractivity contribution in [3.63, 3.8) is 0 Å². The summed E-state index contributed by atoms with van der Waals surface area (Å²) >= 11 is 0. The second kappa shape index (κ2) is 13.4. The number of aliphatic carboxylic acids is 1. The van der Waals surface area contributed by atoms with Crippen LogP contribution < -0.4 is 4.74 Å². The van der Waals surface area contributed by atoms with E-state index in [1.165, 1.54) is 0 Å². The second-order valence-corrected chi connectivity index (χ2v) is 10.8. The Morgan fingerprint density at radius 2 is 1.75 bits per heavy atom. The van der Waals surface area contributed by atoms with Gasteiger partial charge in [0.15, 0.2) is 5.78 Å². The molecular weight excluding hydrogens is 505 g/mol. The zero-order chi connectivity index (χ0) is 28.6. The topological polar surface area (TPSA) is 68.5 Å². The molecule has 1 N–H and O–H groups in total. The molecule has 0 aliphatic carbocycles. The van der Waals surface area contributed by atoms with Gasteiger partial charge in [0.1, 0.15) is 17.7 Å². The number of carboxylic acids is 1. The third kappa shape index (κ3) is 7.17. The molecule has 210 valence electrons. The summed E-state index contributed by atoms with van der Waals surface area (Å²) in [6.45, 7) is 6.79. The lowest BCUT2D eigenvalue weighted by molar-refractivity contribution is -0.137. The number of nitrogens with zero attached hydrogens (tertiary/aromatic N) is 1. The molecule has 0 aliphatic heterocycles. The fraction of sp³-hybridized carbons (Fsp3) is 0.353. The summed E-state index contributed by atoms with van der Waals surface area (Å²) in [5, 5.41) is 9.83. The summed E-state index contributed by atoms with van der Waals surface area (Å²) in [5.41, 5.74) is 3.56. The van der Waals surface area contributed by atoms with E-state index in [0.29, 0.717) is 42.2 Å². The quantitative estimate of drug-likeness (QED) is 0.162. The van der Waals surface area contributed by atoms with Crippen LogP contribution in [-0.2, 0) is 17.8 Å². The Morgan fingerprint density at radius 1 is 1.00 bits per heavy atom. The smallest absolute Gasteiger partial charge is 0.303 e. The number of carbonyl (C=O) groups is 2. The number of unbranched alkanes of at least 4 members (excludes halogenated alkanes) is 1. The number of carbonyl (C=O) groups excluding carboxylic acids is 1. The van der Waals surface area contributed by atoms with E-state index in [0.717, 1.165) is 41.3 Å². The summed E-state index contributed by atoms with van der Waals surface area (Å²) < 4.78 is 23.1. The first kappa shape index (κ1) is 29.1. The van der Waals surface area contributed by atoms with Crippen molar-refractivity contribution in [2.75, 3.05) is 0 Å². The molecule has 1 atom stereocenters. The molecule has 6 heteroatoms. The van der Waals surface area contributed by atoms with Crippen LogP contribution in [0.1, 0.15) is 86.0 Å². The van der Waals surface area contributed by atoms with E-state index >= 15 is 0 Å². The molecule has 4 rings (SSSR count). The van der Waals surface area contributed by atoms with Gasteiger partial charge in [-0.25, -0.2) is 4.39 Å². The zero-order valence-electron chi connectivity index (χ0n) is 23.5. The number of aromatic nitrogens is 1. The van der Waals surface area contributed by atoms with Gasteiger partial charge in [0, 0.05) is 41.2 Å². The highest BCUT2D eigenvalue weighted by atomic mass is 19.1. The molecular formula is C34H38FNO4. The van der Waals surface area contributed by atoms with E-state index in [-0.39, 0.29) is 24.1 Å². The molecule has 4 aromatic rings. The van der Waals surface area contributed by atoms with Crippen LogP contribution in [0, 0.1) is 11.7 Å². The van der Waals surface area contributed by atoms with Crippen molar-refractivity contribution < 1.29 is 23.8 Å². The number of hydrogen-bond donors (Lipinski definition) is 1. The van der Waals surface area contributed by atoms with E-state index in [1.807, 2.05) is 47.2 Å². The van der Waals surface area contributed by atoms with Crippen LogP contribution in [0.4, 0.5) is 4.39 Å². The lowest BCUT2D eigenvalue weighted by Crippen LogP contribution is -2.09. The van der Waals surface area contributed by atoms with Gasteiger partial charge in [-0.2, -0.15) is 0 Å². The predicted octanol–water partition coefficient (Wildman–Crippen LogP) is 8.39. The maximum Gasteiger partial charge on any atom is 0.303 e. The van der Waals surface area contributed by atoms with Crippen molar-refractivity contribution in [3.05, 3.63) is 101 Å². The third-order valence-corrected chi connectivity index (χ3v) is 7.11. The number of carboxylic acid groups (broad SMARTS) is 1. The summed E-state index contributed by atoms with van der Waals surface area (Å²) in [6, 6.07) is 20.2. The minimum atomic E-state index is -0.833. The lowest BCUT2D eigenvalue weighted by Gasteiger charge is -2.20. The largest absolute Gasteiger partial charge is 0.486 e.